The summed E-state index contributed by atoms with van der Waals surface area (Å²) in [5.41, 5.74) is 6.92. The monoisotopic (exact) mass is 276 g/mol. The van der Waals surface area contributed by atoms with Crippen molar-refractivity contribution in [2.45, 2.75) is 6.61 Å². The lowest BCUT2D eigenvalue weighted by molar-refractivity contribution is 0.290. The van der Waals surface area contributed by atoms with Crippen LogP contribution in [0.15, 0.2) is 36.4 Å². The Bertz CT molecular complexity index is 652. The van der Waals surface area contributed by atoms with Crippen LogP contribution in [0.1, 0.15) is 11.1 Å². The molecule has 0 atom stereocenters. The van der Waals surface area contributed by atoms with Crippen LogP contribution < -0.4 is 10.5 Å². The van der Waals surface area contributed by atoms with Gasteiger partial charge in [0.1, 0.15) is 6.61 Å². The molecule has 96 valence electrons. The Morgan fingerprint density at radius 2 is 2.05 bits per heavy atom. The Morgan fingerprint density at radius 3 is 2.68 bits per heavy atom. The summed E-state index contributed by atoms with van der Waals surface area (Å²) in [7, 11) is 0. The smallest absolute Gasteiger partial charge is 0.167 e. The van der Waals surface area contributed by atoms with Crippen molar-refractivity contribution in [1.29, 1.82) is 5.26 Å². The first-order valence-electron chi connectivity index (χ1n) is 5.46. The quantitative estimate of drug-likeness (QED) is 0.873. The Kier molecular flexibility index (Phi) is 3.88. The zero-order valence-corrected chi connectivity index (χ0v) is 10.6. The molecule has 19 heavy (non-hydrogen) atoms. The number of anilines is 1. The fourth-order valence-electron chi connectivity index (χ4n) is 1.52. The summed E-state index contributed by atoms with van der Waals surface area (Å²) < 4.78 is 18.8. The van der Waals surface area contributed by atoms with Gasteiger partial charge in [-0.2, -0.15) is 5.26 Å². The third-order valence-electron chi connectivity index (χ3n) is 2.52. The Balaban J connectivity index is 2.13. The molecular weight excluding hydrogens is 267 g/mol. The average Bonchev–Trinajstić information content (AvgIpc) is 2.39. The number of hydrogen-bond acceptors (Lipinski definition) is 3. The van der Waals surface area contributed by atoms with E-state index in [1.807, 2.05) is 6.07 Å². The average molecular weight is 277 g/mol. The molecule has 2 aromatic carbocycles. The molecule has 0 fully saturated rings. The van der Waals surface area contributed by atoms with Gasteiger partial charge in [0, 0.05) is 22.3 Å². The molecule has 5 heteroatoms. The molecule has 0 radical (unpaired) electrons. The predicted molar refractivity (Wildman–Crippen MR) is 71.3 cm³/mol. The van der Waals surface area contributed by atoms with Crippen LogP contribution in [0.3, 0.4) is 0 Å². The summed E-state index contributed by atoms with van der Waals surface area (Å²) in [6.45, 7) is 0.116. The van der Waals surface area contributed by atoms with Gasteiger partial charge in [0.15, 0.2) is 11.6 Å². The predicted octanol–water partition coefficient (Wildman–Crippen LogP) is 3.51. The summed E-state index contributed by atoms with van der Waals surface area (Å²) in [6, 6.07) is 11.0. The highest BCUT2D eigenvalue weighted by molar-refractivity contribution is 6.31. The van der Waals surface area contributed by atoms with Crippen molar-refractivity contribution in [1.82, 2.24) is 0 Å². The summed E-state index contributed by atoms with van der Waals surface area (Å²) >= 11 is 5.99. The topological polar surface area (TPSA) is 59.0 Å². The molecule has 2 aromatic rings. The molecule has 0 saturated heterocycles. The Morgan fingerprint density at radius 1 is 1.26 bits per heavy atom. The fourth-order valence-corrected chi connectivity index (χ4v) is 1.76. The van der Waals surface area contributed by atoms with Crippen molar-refractivity contribution in [3.8, 4) is 11.8 Å². The van der Waals surface area contributed by atoms with Gasteiger partial charge in [-0.1, -0.05) is 17.7 Å². The third-order valence-corrected chi connectivity index (χ3v) is 2.87. The van der Waals surface area contributed by atoms with Gasteiger partial charge in [-0.05, 0) is 24.3 Å². The molecule has 2 N–H and O–H groups in total. The number of benzene rings is 2. The zero-order valence-electron chi connectivity index (χ0n) is 9.86. The minimum Gasteiger partial charge on any atom is -0.486 e. The molecule has 0 aliphatic heterocycles. The maximum Gasteiger partial charge on any atom is 0.167 e. The van der Waals surface area contributed by atoms with Gasteiger partial charge in [-0.25, -0.2) is 4.39 Å². The lowest BCUT2D eigenvalue weighted by atomic mass is 10.1. The van der Waals surface area contributed by atoms with E-state index in [1.165, 1.54) is 12.1 Å². The van der Waals surface area contributed by atoms with Crippen LogP contribution in [0.2, 0.25) is 5.02 Å². The maximum absolute atomic E-state index is 13.5. The van der Waals surface area contributed by atoms with Crippen LogP contribution in [-0.4, -0.2) is 0 Å². The van der Waals surface area contributed by atoms with E-state index in [2.05, 4.69) is 0 Å². The van der Waals surface area contributed by atoms with Crippen LogP contribution in [0, 0.1) is 17.1 Å². The van der Waals surface area contributed by atoms with Crippen molar-refractivity contribution >= 4 is 17.3 Å². The van der Waals surface area contributed by atoms with E-state index >= 15 is 0 Å². The van der Waals surface area contributed by atoms with Crippen LogP contribution in [0.25, 0.3) is 0 Å². The highest BCUT2D eigenvalue weighted by atomic mass is 35.5. The molecule has 0 aliphatic carbocycles. The van der Waals surface area contributed by atoms with Crippen molar-refractivity contribution in [3.63, 3.8) is 0 Å². The number of halogens is 2. The molecule has 0 saturated carbocycles. The van der Waals surface area contributed by atoms with Crippen molar-refractivity contribution < 1.29 is 9.13 Å². The standard InChI is InChI=1S/C14H10ClFN2O/c15-12-5-9(7-17)1-2-10(12)8-19-14-4-3-11(18)6-13(14)16/h1-6H,8,18H2. The molecule has 0 unspecified atom stereocenters. The SMILES string of the molecule is N#Cc1ccc(COc2ccc(N)cc2F)c(Cl)c1. The van der Waals surface area contributed by atoms with E-state index in [4.69, 9.17) is 27.3 Å². The molecule has 2 rings (SSSR count). The number of nitrogen functional groups attached to an aromatic ring is 1. The third kappa shape index (κ3) is 3.15. The fraction of sp³-hybridized carbons (Fsp3) is 0.0714. The van der Waals surface area contributed by atoms with E-state index in [0.717, 1.165) is 0 Å². The number of nitrogens with two attached hydrogens (primary N) is 1. The van der Waals surface area contributed by atoms with Gasteiger partial charge in [-0.15, -0.1) is 0 Å². The molecule has 0 bridgehead atoms. The van der Waals surface area contributed by atoms with Crippen LogP contribution in [0.5, 0.6) is 5.75 Å². The number of ether oxygens (including phenoxy) is 1. The van der Waals surface area contributed by atoms with E-state index in [9.17, 15) is 4.39 Å². The summed E-state index contributed by atoms with van der Waals surface area (Å²) in [4.78, 5) is 0. The molecular formula is C14H10ClFN2O. The molecule has 0 aromatic heterocycles. The lowest BCUT2D eigenvalue weighted by Crippen LogP contribution is -1.99. The second kappa shape index (κ2) is 5.59. The molecule has 0 aliphatic rings. The zero-order chi connectivity index (χ0) is 13.8. The number of nitriles is 1. The second-order valence-corrected chi connectivity index (χ2v) is 4.30. The van der Waals surface area contributed by atoms with Gasteiger partial charge in [-0.3, -0.25) is 0 Å². The van der Waals surface area contributed by atoms with E-state index in [-0.39, 0.29) is 12.4 Å². The minimum absolute atomic E-state index is 0.106. The van der Waals surface area contributed by atoms with E-state index in [1.54, 1.807) is 24.3 Å². The van der Waals surface area contributed by atoms with Gasteiger partial charge < -0.3 is 10.5 Å². The maximum atomic E-state index is 13.5. The minimum atomic E-state index is -0.523. The summed E-state index contributed by atoms with van der Waals surface area (Å²) in [5.74, 6) is -0.417. The van der Waals surface area contributed by atoms with Gasteiger partial charge in [0.25, 0.3) is 0 Å². The molecule has 3 nitrogen and oxygen atoms in total. The molecule has 0 spiro atoms. The van der Waals surface area contributed by atoms with Gasteiger partial charge in [0.2, 0.25) is 0 Å². The van der Waals surface area contributed by atoms with Gasteiger partial charge >= 0.3 is 0 Å². The highest BCUT2D eigenvalue weighted by Crippen LogP contribution is 2.23. The lowest BCUT2D eigenvalue weighted by Gasteiger charge is -2.09. The molecule has 0 amide bonds. The van der Waals surface area contributed by atoms with Crippen LogP contribution >= 0.6 is 11.6 Å². The first-order chi connectivity index (χ1) is 9.10. The second-order valence-electron chi connectivity index (χ2n) is 3.90. The van der Waals surface area contributed by atoms with Crippen molar-refractivity contribution in [2.75, 3.05) is 5.73 Å². The van der Waals surface area contributed by atoms with Crippen LogP contribution in [0.4, 0.5) is 10.1 Å². The highest BCUT2D eigenvalue weighted by Gasteiger charge is 2.06. The summed E-state index contributed by atoms with van der Waals surface area (Å²) in [6.07, 6.45) is 0. The van der Waals surface area contributed by atoms with E-state index in [0.29, 0.717) is 21.8 Å². The number of hydrogen-bond donors (Lipinski definition) is 1. The van der Waals surface area contributed by atoms with Gasteiger partial charge in [0.05, 0.1) is 11.6 Å². The normalized spacial score (nSPS) is 9.95. The van der Waals surface area contributed by atoms with E-state index < -0.39 is 5.82 Å². The summed E-state index contributed by atoms with van der Waals surface area (Å²) in [5, 5.41) is 9.13. The first kappa shape index (κ1) is 13.2. The Hall–Kier alpha value is -2.25. The molecule has 0 heterocycles. The largest absolute Gasteiger partial charge is 0.486 e. The van der Waals surface area contributed by atoms with Crippen molar-refractivity contribution in [3.05, 3.63) is 58.4 Å². The van der Waals surface area contributed by atoms with Crippen molar-refractivity contribution in [2.24, 2.45) is 0 Å². The van der Waals surface area contributed by atoms with Crippen LogP contribution in [-0.2, 0) is 6.61 Å². The Labute approximate surface area is 115 Å². The number of rotatable bonds is 3. The first-order valence-corrected chi connectivity index (χ1v) is 5.84. The number of nitrogens with zero attached hydrogens (tertiary/aromatic N) is 1.